The minimum atomic E-state index is -0.745. The summed E-state index contributed by atoms with van der Waals surface area (Å²) in [6, 6.07) is 9.12. The van der Waals surface area contributed by atoms with Gasteiger partial charge in [-0.05, 0) is 12.5 Å². The predicted octanol–water partition coefficient (Wildman–Crippen LogP) is 0.266. The lowest BCUT2D eigenvalue weighted by atomic mass is 10.1. The molecule has 1 atom stereocenters. The van der Waals surface area contributed by atoms with Crippen LogP contribution in [0.5, 0.6) is 0 Å². The Morgan fingerprint density at radius 3 is 2.44 bits per heavy atom. The van der Waals surface area contributed by atoms with Crippen molar-refractivity contribution in [2.75, 3.05) is 6.54 Å². The van der Waals surface area contributed by atoms with Crippen molar-refractivity contribution in [2.45, 2.75) is 13.0 Å². The molecule has 0 radical (unpaired) electrons. The van der Waals surface area contributed by atoms with E-state index in [-0.39, 0.29) is 17.6 Å². The second kappa shape index (κ2) is 6.70. The molecule has 2 amide bonds. The Labute approximate surface area is 111 Å². The molecule has 5 nitrogen and oxygen atoms in total. The van der Waals surface area contributed by atoms with E-state index in [1.165, 1.54) is 0 Å². The van der Waals surface area contributed by atoms with Crippen molar-refractivity contribution in [3.05, 3.63) is 35.9 Å². The van der Waals surface area contributed by atoms with Crippen molar-refractivity contribution < 1.29 is 9.59 Å². The van der Waals surface area contributed by atoms with E-state index >= 15 is 0 Å². The van der Waals surface area contributed by atoms with E-state index < -0.39 is 11.8 Å². The Kier molecular flexibility index (Phi) is 5.26. The number of carbonyl (C=O) groups excluding carboxylic acids is 2. The highest BCUT2D eigenvalue weighted by atomic mass is 32.1. The van der Waals surface area contributed by atoms with E-state index in [0.29, 0.717) is 0 Å². The van der Waals surface area contributed by atoms with Gasteiger partial charge in [-0.25, -0.2) is 0 Å². The number of nitrogens with one attached hydrogen (secondary N) is 2. The third kappa shape index (κ3) is 4.50. The van der Waals surface area contributed by atoms with Gasteiger partial charge in [0, 0.05) is 0 Å². The number of amides is 2. The van der Waals surface area contributed by atoms with Gasteiger partial charge in [0.25, 0.3) is 0 Å². The molecule has 0 saturated heterocycles. The molecule has 96 valence electrons. The number of nitrogens with two attached hydrogens (primary N) is 1. The molecule has 1 aromatic rings. The van der Waals surface area contributed by atoms with Crippen LogP contribution in [0.1, 0.15) is 18.5 Å². The van der Waals surface area contributed by atoms with Crippen LogP contribution < -0.4 is 16.4 Å². The standard InChI is InChI=1S/C12H15N3O2S/c1-8(9-5-3-2-4-6-9)15-12(17)11(16)14-7-10(13)18/h2-6,8H,7H2,1H3,(H2,13,18)(H,14,16)(H,15,17). The molecule has 0 fully saturated rings. The summed E-state index contributed by atoms with van der Waals surface area (Å²) in [5.74, 6) is -1.45. The molecule has 0 aliphatic heterocycles. The Morgan fingerprint density at radius 1 is 1.28 bits per heavy atom. The maximum Gasteiger partial charge on any atom is 0.309 e. The van der Waals surface area contributed by atoms with Crippen LogP contribution in [0.4, 0.5) is 0 Å². The van der Waals surface area contributed by atoms with Crippen LogP contribution in [-0.2, 0) is 9.59 Å². The maximum atomic E-state index is 11.5. The van der Waals surface area contributed by atoms with Crippen molar-refractivity contribution >= 4 is 29.0 Å². The molecule has 0 spiro atoms. The van der Waals surface area contributed by atoms with Crippen molar-refractivity contribution in [3.8, 4) is 0 Å². The molecule has 4 N–H and O–H groups in total. The Bertz CT molecular complexity index is 448. The monoisotopic (exact) mass is 265 g/mol. The quantitative estimate of drug-likeness (QED) is 0.539. The van der Waals surface area contributed by atoms with Crippen LogP contribution in [0.25, 0.3) is 0 Å². The molecule has 18 heavy (non-hydrogen) atoms. The van der Waals surface area contributed by atoms with E-state index in [0.717, 1.165) is 5.56 Å². The van der Waals surface area contributed by atoms with Gasteiger partial charge in [-0.15, -0.1) is 0 Å². The average Bonchev–Trinajstić information content (AvgIpc) is 2.36. The second-order valence-electron chi connectivity index (χ2n) is 3.75. The first kappa shape index (κ1) is 14.1. The summed E-state index contributed by atoms with van der Waals surface area (Å²) in [6.45, 7) is 1.81. The topological polar surface area (TPSA) is 84.2 Å². The third-order valence-corrected chi connectivity index (χ3v) is 2.42. The Morgan fingerprint density at radius 2 is 1.89 bits per heavy atom. The van der Waals surface area contributed by atoms with Crippen LogP contribution in [-0.4, -0.2) is 23.3 Å². The fourth-order valence-electron chi connectivity index (χ4n) is 1.33. The highest BCUT2D eigenvalue weighted by Crippen LogP contribution is 2.10. The van der Waals surface area contributed by atoms with Crippen molar-refractivity contribution in [1.82, 2.24) is 10.6 Å². The van der Waals surface area contributed by atoms with Crippen LogP contribution in [0, 0.1) is 0 Å². The lowest BCUT2D eigenvalue weighted by Gasteiger charge is -2.13. The molecule has 0 aliphatic carbocycles. The summed E-state index contributed by atoms with van der Waals surface area (Å²) >= 11 is 4.60. The second-order valence-corrected chi connectivity index (χ2v) is 4.28. The number of hydrogen-bond donors (Lipinski definition) is 3. The van der Waals surface area contributed by atoms with Gasteiger partial charge >= 0.3 is 11.8 Å². The first-order valence-corrected chi connectivity index (χ1v) is 5.83. The smallest absolute Gasteiger partial charge is 0.309 e. The highest BCUT2D eigenvalue weighted by Gasteiger charge is 2.16. The summed E-state index contributed by atoms with van der Waals surface area (Å²) < 4.78 is 0. The number of rotatable bonds is 4. The Hall–Kier alpha value is -1.95. The van der Waals surface area contributed by atoms with Gasteiger partial charge in [0.15, 0.2) is 0 Å². The average molecular weight is 265 g/mol. The summed E-state index contributed by atoms with van der Waals surface area (Å²) in [5, 5.41) is 4.91. The van der Waals surface area contributed by atoms with Gasteiger partial charge < -0.3 is 16.4 Å². The molecule has 0 saturated carbocycles. The normalized spacial score (nSPS) is 11.4. The molecule has 0 heterocycles. The first-order chi connectivity index (χ1) is 8.50. The molecule has 0 bridgehead atoms. The Balaban J connectivity index is 2.49. The van der Waals surface area contributed by atoms with E-state index in [1.54, 1.807) is 6.92 Å². The third-order valence-electron chi connectivity index (χ3n) is 2.28. The molecular formula is C12H15N3O2S. The van der Waals surface area contributed by atoms with Crippen LogP contribution >= 0.6 is 12.2 Å². The fraction of sp³-hybridized carbons (Fsp3) is 0.250. The minimum Gasteiger partial charge on any atom is -0.392 e. The van der Waals surface area contributed by atoms with Gasteiger partial charge in [0.05, 0.1) is 17.6 Å². The molecule has 1 rings (SSSR count). The highest BCUT2D eigenvalue weighted by molar-refractivity contribution is 7.80. The maximum absolute atomic E-state index is 11.5. The molecule has 6 heteroatoms. The van der Waals surface area contributed by atoms with E-state index in [2.05, 4.69) is 22.9 Å². The van der Waals surface area contributed by atoms with Gasteiger partial charge in [-0.1, -0.05) is 42.5 Å². The van der Waals surface area contributed by atoms with Crippen LogP contribution in [0.3, 0.4) is 0 Å². The van der Waals surface area contributed by atoms with Crippen molar-refractivity contribution in [2.24, 2.45) is 5.73 Å². The fourth-order valence-corrected chi connectivity index (χ4v) is 1.41. The van der Waals surface area contributed by atoms with E-state index in [4.69, 9.17) is 5.73 Å². The molecule has 0 aliphatic rings. The molecule has 0 aromatic heterocycles. The zero-order chi connectivity index (χ0) is 13.5. The zero-order valence-electron chi connectivity index (χ0n) is 9.97. The minimum absolute atomic E-state index is 0.0152. The van der Waals surface area contributed by atoms with E-state index in [9.17, 15) is 9.59 Å². The van der Waals surface area contributed by atoms with Crippen molar-refractivity contribution in [3.63, 3.8) is 0 Å². The SMILES string of the molecule is CC(NC(=O)C(=O)NCC(N)=S)c1ccccc1. The number of thiocarbonyl (C=S) groups is 1. The van der Waals surface area contributed by atoms with Gasteiger partial charge in [0.1, 0.15) is 0 Å². The van der Waals surface area contributed by atoms with E-state index in [1.807, 2.05) is 30.3 Å². The summed E-state index contributed by atoms with van der Waals surface area (Å²) in [5.41, 5.74) is 6.14. The predicted molar refractivity (Wildman–Crippen MR) is 72.8 cm³/mol. The molecule has 1 aromatic carbocycles. The van der Waals surface area contributed by atoms with Crippen LogP contribution in [0.15, 0.2) is 30.3 Å². The summed E-state index contributed by atoms with van der Waals surface area (Å²) in [4.78, 5) is 23.0. The summed E-state index contributed by atoms with van der Waals surface area (Å²) in [7, 11) is 0. The molecular weight excluding hydrogens is 250 g/mol. The first-order valence-electron chi connectivity index (χ1n) is 5.42. The van der Waals surface area contributed by atoms with Gasteiger partial charge in [-0.3, -0.25) is 9.59 Å². The molecule has 1 unspecified atom stereocenters. The van der Waals surface area contributed by atoms with Gasteiger partial charge in [-0.2, -0.15) is 0 Å². The largest absolute Gasteiger partial charge is 0.392 e. The van der Waals surface area contributed by atoms with Crippen LogP contribution in [0.2, 0.25) is 0 Å². The lowest BCUT2D eigenvalue weighted by molar-refractivity contribution is -0.139. The zero-order valence-corrected chi connectivity index (χ0v) is 10.8. The van der Waals surface area contributed by atoms with Crippen molar-refractivity contribution in [1.29, 1.82) is 0 Å². The number of carbonyl (C=O) groups is 2. The summed E-state index contributed by atoms with van der Waals surface area (Å²) in [6.07, 6.45) is 0. The number of hydrogen-bond acceptors (Lipinski definition) is 3. The number of benzene rings is 1. The van der Waals surface area contributed by atoms with Gasteiger partial charge in [0.2, 0.25) is 0 Å². The lowest BCUT2D eigenvalue weighted by Crippen LogP contribution is -2.43.